The van der Waals surface area contributed by atoms with E-state index in [4.69, 9.17) is 10.5 Å². The molecule has 0 aromatic carbocycles. The summed E-state index contributed by atoms with van der Waals surface area (Å²) >= 11 is 0. The molecule has 146 valence electrons. The first-order valence-electron chi connectivity index (χ1n) is 9.47. The fourth-order valence-electron chi connectivity index (χ4n) is 3.46. The first-order chi connectivity index (χ1) is 13.5. The minimum absolute atomic E-state index is 0.0672. The number of nitrogens with one attached hydrogen (secondary N) is 1. The molecule has 28 heavy (non-hydrogen) atoms. The minimum Gasteiger partial charge on any atom is -0.399 e. The summed E-state index contributed by atoms with van der Waals surface area (Å²) in [7, 11) is 0. The highest BCUT2D eigenvalue weighted by Crippen LogP contribution is 2.29. The van der Waals surface area contributed by atoms with Crippen molar-refractivity contribution in [3.05, 3.63) is 41.5 Å². The molecule has 8 nitrogen and oxygen atoms in total. The maximum atomic E-state index is 5.98. The quantitative estimate of drug-likeness (QED) is 0.713. The summed E-state index contributed by atoms with van der Waals surface area (Å²) in [5, 5.41) is 14.1. The zero-order valence-corrected chi connectivity index (χ0v) is 16.4. The second kappa shape index (κ2) is 7.55. The number of ether oxygens (including phenoxy) is 1. The summed E-state index contributed by atoms with van der Waals surface area (Å²) < 4.78 is 5.45. The minimum atomic E-state index is -0.0672. The molecule has 0 bridgehead atoms. The number of rotatable bonds is 4. The molecule has 1 aliphatic rings. The molecule has 8 heteroatoms. The van der Waals surface area contributed by atoms with Gasteiger partial charge < -0.3 is 20.7 Å². The number of fused-ring (bicyclic) bond motifs is 1. The van der Waals surface area contributed by atoms with Crippen LogP contribution < -0.4 is 16.0 Å². The normalized spacial score (nSPS) is 15.6. The van der Waals surface area contributed by atoms with Crippen molar-refractivity contribution in [2.24, 2.45) is 0 Å². The highest BCUT2D eigenvalue weighted by atomic mass is 16.5. The third-order valence-electron chi connectivity index (χ3n) is 4.96. The van der Waals surface area contributed by atoms with E-state index in [1.807, 2.05) is 39.1 Å². The Labute approximate surface area is 164 Å². The molecule has 3 aromatic heterocycles. The molecule has 0 aliphatic carbocycles. The average molecular weight is 379 g/mol. The first kappa shape index (κ1) is 18.4. The number of nitrogens with two attached hydrogens (primary N) is 1. The van der Waals surface area contributed by atoms with Gasteiger partial charge >= 0.3 is 0 Å². The van der Waals surface area contributed by atoms with Crippen molar-refractivity contribution < 1.29 is 4.74 Å². The Morgan fingerprint density at radius 2 is 1.89 bits per heavy atom. The fraction of sp³-hybridized carbons (Fsp3) is 0.400. The molecule has 0 amide bonds. The lowest BCUT2D eigenvalue weighted by Crippen LogP contribution is -2.36. The van der Waals surface area contributed by atoms with Crippen molar-refractivity contribution in [3.8, 4) is 0 Å². The van der Waals surface area contributed by atoms with Crippen molar-refractivity contribution in [1.82, 2.24) is 20.2 Å². The number of hydrogen-bond acceptors (Lipinski definition) is 8. The molecule has 0 radical (unpaired) electrons. The predicted octanol–water partition coefficient (Wildman–Crippen LogP) is 2.63. The molecule has 1 atom stereocenters. The van der Waals surface area contributed by atoms with Gasteiger partial charge in [0.15, 0.2) is 5.82 Å². The summed E-state index contributed by atoms with van der Waals surface area (Å²) in [6.45, 7) is 9.03. The molecular formula is C20H25N7O. The average Bonchev–Trinajstić information content (AvgIpc) is 2.70. The van der Waals surface area contributed by atoms with Gasteiger partial charge in [-0.25, -0.2) is 4.98 Å². The number of morpholine rings is 1. The summed E-state index contributed by atoms with van der Waals surface area (Å²) in [4.78, 5) is 11.5. The molecule has 1 aliphatic heterocycles. The van der Waals surface area contributed by atoms with E-state index in [2.05, 4.69) is 36.4 Å². The van der Waals surface area contributed by atoms with E-state index in [0.29, 0.717) is 11.5 Å². The Balaban J connectivity index is 1.70. The van der Waals surface area contributed by atoms with Crippen LogP contribution in [-0.2, 0) is 4.74 Å². The highest BCUT2D eigenvalue weighted by Gasteiger charge is 2.17. The van der Waals surface area contributed by atoms with Gasteiger partial charge in [0.1, 0.15) is 5.82 Å². The second-order valence-electron chi connectivity index (χ2n) is 7.15. The summed E-state index contributed by atoms with van der Waals surface area (Å²) in [5.74, 6) is 1.64. The number of hydrogen-bond donors (Lipinski definition) is 2. The Bertz CT molecular complexity index is 981. The first-order valence-corrected chi connectivity index (χ1v) is 9.47. The van der Waals surface area contributed by atoms with Crippen LogP contribution in [0.4, 0.5) is 17.3 Å². The van der Waals surface area contributed by atoms with Crippen LogP contribution in [0.1, 0.15) is 30.0 Å². The lowest BCUT2D eigenvalue weighted by molar-refractivity contribution is 0.122. The third kappa shape index (κ3) is 3.68. The van der Waals surface area contributed by atoms with Gasteiger partial charge in [-0.05, 0) is 39.0 Å². The maximum Gasteiger partial charge on any atom is 0.157 e. The van der Waals surface area contributed by atoms with Crippen molar-refractivity contribution in [1.29, 1.82) is 0 Å². The van der Waals surface area contributed by atoms with Crippen molar-refractivity contribution in [2.45, 2.75) is 26.8 Å². The van der Waals surface area contributed by atoms with Crippen LogP contribution >= 0.6 is 0 Å². The molecule has 0 spiro atoms. The Morgan fingerprint density at radius 3 is 2.64 bits per heavy atom. The van der Waals surface area contributed by atoms with Crippen LogP contribution in [0.15, 0.2) is 24.4 Å². The van der Waals surface area contributed by atoms with E-state index in [9.17, 15) is 0 Å². The van der Waals surface area contributed by atoms with E-state index in [1.54, 1.807) is 0 Å². The van der Waals surface area contributed by atoms with Gasteiger partial charge in [-0.2, -0.15) is 5.10 Å². The van der Waals surface area contributed by atoms with Crippen LogP contribution in [0.25, 0.3) is 10.8 Å². The van der Waals surface area contributed by atoms with Crippen molar-refractivity contribution >= 4 is 28.1 Å². The van der Waals surface area contributed by atoms with Gasteiger partial charge in [-0.1, -0.05) is 0 Å². The summed E-state index contributed by atoms with van der Waals surface area (Å²) in [6, 6.07) is 5.75. The van der Waals surface area contributed by atoms with E-state index < -0.39 is 0 Å². The van der Waals surface area contributed by atoms with Crippen LogP contribution in [0.2, 0.25) is 0 Å². The standard InChI is InChI=1S/C20H25N7O/c1-12-8-15(21)9-18(23-12)14(3)24-20-16-10-19(27-4-6-28-7-5-27)22-11-17(16)13(2)25-26-20/h8-11,14H,4-7H2,1-3H3,(H2,21,23)(H,24,26)/t14-/m1/s1. The molecule has 3 N–H and O–H groups in total. The van der Waals surface area contributed by atoms with Crippen LogP contribution in [-0.4, -0.2) is 46.5 Å². The molecular weight excluding hydrogens is 354 g/mol. The van der Waals surface area contributed by atoms with Gasteiger partial charge in [-0.3, -0.25) is 4.98 Å². The number of anilines is 3. The van der Waals surface area contributed by atoms with Crippen LogP contribution in [0.3, 0.4) is 0 Å². The van der Waals surface area contributed by atoms with Crippen molar-refractivity contribution in [3.63, 3.8) is 0 Å². The molecule has 4 rings (SSSR count). The monoisotopic (exact) mass is 379 g/mol. The molecule has 4 heterocycles. The lowest BCUT2D eigenvalue weighted by atomic mass is 10.1. The van der Waals surface area contributed by atoms with Gasteiger partial charge in [0.2, 0.25) is 0 Å². The van der Waals surface area contributed by atoms with Gasteiger partial charge in [-0.15, -0.1) is 5.10 Å². The van der Waals surface area contributed by atoms with E-state index in [0.717, 1.165) is 60.0 Å². The third-order valence-corrected chi connectivity index (χ3v) is 4.96. The lowest BCUT2D eigenvalue weighted by Gasteiger charge is -2.28. The maximum absolute atomic E-state index is 5.98. The molecule has 0 saturated carbocycles. The van der Waals surface area contributed by atoms with Crippen molar-refractivity contribution in [2.75, 3.05) is 42.3 Å². The van der Waals surface area contributed by atoms with Gasteiger partial charge in [0, 0.05) is 41.4 Å². The molecule has 0 unspecified atom stereocenters. The predicted molar refractivity (Wildman–Crippen MR) is 111 cm³/mol. The smallest absolute Gasteiger partial charge is 0.157 e. The zero-order chi connectivity index (χ0) is 19.7. The van der Waals surface area contributed by atoms with Gasteiger partial charge in [0.05, 0.1) is 30.6 Å². The second-order valence-corrected chi connectivity index (χ2v) is 7.15. The fourth-order valence-corrected chi connectivity index (χ4v) is 3.46. The molecule has 1 saturated heterocycles. The van der Waals surface area contributed by atoms with Gasteiger partial charge in [0.25, 0.3) is 0 Å². The summed E-state index contributed by atoms with van der Waals surface area (Å²) in [5.41, 5.74) is 9.30. The topological polar surface area (TPSA) is 102 Å². The SMILES string of the molecule is Cc1cc(N)cc([C@@H](C)Nc2nnc(C)c3cnc(N4CCOCC4)cc23)n1. The molecule has 3 aromatic rings. The summed E-state index contributed by atoms with van der Waals surface area (Å²) in [6.07, 6.45) is 1.88. The number of pyridine rings is 2. The van der Waals surface area contributed by atoms with Crippen LogP contribution in [0.5, 0.6) is 0 Å². The Kier molecular flexibility index (Phi) is 4.95. The zero-order valence-electron chi connectivity index (χ0n) is 16.4. The Morgan fingerprint density at radius 1 is 1.11 bits per heavy atom. The van der Waals surface area contributed by atoms with E-state index in [-0.39, 0.29) is 6.04 Å². The highest BCUT2D eigenvalue weighted by molar-refractivity contribution is 5.94. The number of aryl methyl sites for hydroxylation is 2. The number of aromatic nitrogens is 4. The largest absolute Gasteiger partial charge is 0.399 e. The Hall–Kier alpha value is -3.00. The van der Waals surface area contributed by atoms with E-state index >= 15 is 0 Å². The number of nitrogen functional groups attached to an aromatic ring is 1. The number of nitrogens with zero attached hydrogens (tertiary/aromatic N) is 5. The van der Waals surface area contributed by atoms with Crippen LogP contribution in [0, 0.1) is 13.8 Å². The molecule has 1 fully saturated rings. The van der Waals surface area contributed by atoms with E-state index in [1.165, 1.54) is 0 Å².